The van der Waals surface area contributed by atoms with Crippen LogP contribution in [-0.2, 0) is 11.3 Å². The predicted molar refractivity (Wildman–Crippen MR) is 84.5 cm³/mol. The molecule has 0 amide bonds. The van der Waals surface area contributed by atoms with Crippen molar-refractivity contribution < 1.29 is 4.79 Å². The molecule has 1 aliphatic rings. The number of rotatable bonds is 5. The van der Waals surface area contributed by atoms with Gasteiger partial charge in [0.25, 0.3) is 0 Å². The van der Waals surface area contributed by atoms with Crippen molar-refractivity contribution >= 4 is 33.6 Å². The van der Waals surface area contributed by atoms with Gasteiger partial charge in [0.1, 0.15) is 6.29 Å². The van der Waals surface area contributed by atoms with Crippen LogP contribution in [-0.4, -0.2) is 24.8 Å². The van der Waals surface area contributed by atoms with Crippen LogP contribution in [0.3, 0.4) is 0 Å². The van der Waals surface area contributed by atoms with Crippen molar-refractivity contribution in [3.63, 3.8) is 0 Å². The third kappa shape index (κ3) is 4.14. The number of nitrogens with zero attached hydrogens (tertiary/aromatic N) is 1. The molecule has 1 saturated carbocycles. The molecule has 2 nitrogen and oxygen atoms in total. The Labute approximate surface area is 128 Å². The Kier molecular flexibility index (Phi) is 5.21. The maximum absolute atomic E-state index is 11.6. The first-order chi connectivity index (χ1) is 9.03. The molecule has 4 heteroatoms. The van der Waals surface area contributed by atoms with Gasteiger partial charge in [0.2, 0.25) is 0 Å². The Morgan fingerprint density at radius 3 is 3.00 bits per heavy atom. The molecule has 2 atom stereocenters. The maximum Gasteiger partial charge on any atom is 0.127 e. The van der Waals surface area contributed by atoms with Gasteiger partial charge in [-0.05, 0) is 58.7 Å². The number of carbonyl (C=O) groups is 1. The molecular weight excluding hydrogens is 322 g/mol. The Morgan fingerprint density at radius 1 is 1.63 bits per heavy atom. The molecule has 19 heavy (non-hydrogen) atoms. The van der Waals surface area contributed by atoms with Gasteiger partial charge in [-0.25, -0.2) is 0 Å². The van der Waals surface area contributed by atoms with Crippen molar-refractivity contribution in [1.29, 1.82) is 0 Å². The van der Waals surface area contributed by atoms with Crippen molar-refractivity contribution in [2.75, 3.05) is 13.6 Å². The molecule has 0 N–H and O–H groups in total. The quantitative estimate of drug-likeness (QED) is 0.741. The molecule has 0 radical (unpaired) electrons. The summed E-state index contributed by atoms with van der Waals surface area (Å²) in [4.78, 5) is 13.9. The first-order valence-corrected chi connectivity index (χ1v) is 8.58. The largest absolute Gasteiger partial charge is 0.303 e. The number of thiophene rings is 1. The standard InChI is InChI=1S/C15H22BrNOS/c1-12-4-3-5-15(7-12,11-18)10-17(2)8-13-6-14(16)19-9-13/h6,9,11-12H,3-5,7-8,10H2,1-2H3. The molecular formula is C15H22BrNOS. The van der Waals surface area contributed by atoms with E-state index in [1.54, 1.807) is 11.3 Å². The van der Waals surface area contributed by atoms with Crippen LogP contribution in [0.2, 0.25) is 0 Å². The minimum Gasteiger partial charge on any atom is -0.303 e. The molecule has 106 valence electrons. The van der Waals surface area contributed by atoms with E-state index < -0.39 is 0 Å². The lowest BCUT2D eigenvalue weighted by atomic mass is 9.71. The minimum atomic E-state index is -0.111. The van der Waals surface area contributed by atoms with E-state index in [1.807, 2.05) is 0 Å². The highest BCUT2D eigenvalue weighted by Gasteiger charge is 2.35. The Balaban J connectivity index is 1.95. The molecule has 0 bridgehead atoms. The monoisotopic (exact) mass is 343 g/mol. The summed E-state index contributed by atoms with van der Waals surface area (Å²) in [5.41, 5.74) is 1.21. The molecule has 0 saturated heterocycles. The summed E-state index contributed by atoms with van der Waals surface area (Å²) >= 11 is 5.21. The second-order valence-corrected chi connectivity index (χ2v) is 8.40. The average Bonchev–Trinajstić information content (AvgIpc) is 2.74. The van der Waals surface area contributed by atoms with E-state index in [0.717, 1.165) is 25.9 Å². The molecule has 1 fully saturated rings. The topological polar surface area (TPSA) is 20.3 Å². The molecule has 0 aromatic carbocycles. The summed E-state index contributed by atoms with van der Waals surface area (Å²) in [6, 6.07) is 2.16. The Hall–Kier alpha value is -0.190. The second-order valence-electron chi connectivity index (χ2n) is 6.11. The zero-order valence-electron chi connectivity index (χ0n) is 11.7. The van der Waals surface area contributed by atoms with Gasteiger partial charge in [-0.1, -0.05) is 19.8 Å². The molecule has 2 unspecified atom stereocenters. The van der Waals surface area contributed by atoms with E-state index in [0.29, 0.717) is 5.92 Å². The molecule has 1 aromatic rings. The summed E-state index contributed by atoms with van der Waals surface area (Å²) in [6.45, 7) is 4.08. The van der Waals surface area contributed by atoms with Gasteiger partial charge < -0.3 is 9.69 Å². The lowest BCUT2D eigenvalue weighted by Crippen LogP contribution is -2.40. The number of hydrogen-bond acceptors (Lipinski definition) is 3. The van der Waals surface area contributed by atoms with E-state index in [9.17, 15) is 4.79 Å². The molecule has 2 rings (SSSR count). The van der Waals surface area contributed by atoms with Crippen molar-refractivity contribution in [3.8, 4) is 0 Å². The SMILES string of the molecule is CC1CCCC(C=O)(CN(C)Cc2csc(Br)c2)C1. The molecule has 1 aliphatic carbocycles. The highest BCUT2D eigenvalue weighted by Crippen LogP contribution is 2.38. The smallest absolute Gasteiger partial charge is 0.127 e. The van der Waals surface area contributed by atoms with Gasteiger partial charge >= 0.3 is 0 Å². The fourth-order valence-electron chi connectivity index (χ4n) is 3.32. The van der Waals surface area contributed by atoms with Gasteiger partial charge in [-0.3, -0.25) is 0 Å². The summed E-state index contributed by atoms with van der Waals surface area (Å²) < 4.78 is 1.17. The number of aldehydes is 1. The van der Waals surface area contributed by atoms with Crippen molar-refractivity contribution in [2.24, 2.45) is 11.3 Å². The second kappa shape index (κ2) is 6.51. The van der Waals surface area contributed by atoms with E-state index in [2.05, 4.69) is 46.2 Å². The van der Waals surface area contributed by atoms with Crippen LogP contribution >= 0.6 is 27.3 Å². The van der Waals surface area contributed by atoms with Crippen LogP contribution in [0, 0.1) is 11.3 Å². The van der Waals surface area contributed by atoms with E-state index in [1.165, 1.54) is 28.5 Å². The average molecular weight is 344 g/mol. The highest BCUT2D eigenvalue weighted by molar-refractivity contribution is 9.11. The third-order valence-electron chi connectivity index (χ3n) is 4.04. The van der Waals surface area contributed by atoms with Gasteiger partial charge in [0.05, 0.1) is 3.79 Å². The van der Waals surface area contributed by atoms with Gasteiger partial charge in [0.15, 0.2) is 0 Å². The zero-order chi connectivity index (χ0) is 13.9. The fourth-order valence-corrected chi connectivity index (χ4v) is 4.52. The normalized spacial score (nSPS) is 27.7. The summed E-state index contributed by atoms with van der Waals surface area (Å²) in [5.74, 6) is 0.683. The van der Waals surface area contributed by atoms with Crippen LogP contribution < -0.4 is 0 Å². The van der Waals surface area contributed by atoms with Crippen molar-refractivity contribution in [1.82, 2.24) is 4.90 Å². The number of hydrogen-bond donors (Lipinski definition) is 0. The molecule has 0 aliphatic heterocycles. The first-order valence-electron chi connectivity index (χ1n) is 6.91. The van der Waals surface area contributed by atoms with E-state index in [4.69, 9.17) is 0 Å². The van der Waals surface area contributed by atoms with Crippen LogP contribution in [0.5, 0.6) is 0 Å². The van der Waals surface area contributed by atoms with E-state index in [-0.39, 0.29) is 5.41 Å². The summed E-state index contributed by atoms with van der Waals surface area (Å²) in [6.07, 6.45) is 5.80. The fraction of sp³-hybridized carbons (Fsp3) is 0.667. The van der Waals surface area contributed by atoms with Crippen molar-refractivity contribution in [2.45, 2.75) is 39.2 Å². The lowest BCUT2D eigenvalue weighted by Gasteiger charge is -2.38. The molecule has 1 heterocycles. The zero-order valence-corrected chi connectivity index (χ0v) is 14.1. The van der Waals surface area contributed by atoms with Crippen LogP contribution in [0.1, 0.15) is 38.2 Å². The third-order valence-corrected chi connectivity index (χ3v) is 5.59. The van der Waals surface area contributed by atoms with Gasteiger partial charge in [-0.15, -0.1) is 11.3 Å². The Bertz CT molecular complexity index is 434. The summed E-state index contributed by atoms with van der Waals surface area (Å²) in [5, 5.41) is 2.18. The van der Waals surface area contributed by atoms with Crippen LogP contribution in [0.15, 0.2) is 15.2 Å². The number of halogens is 1. The van der Waals surface area contributed by atoms with Crippen LogP contribution in [0.25, 0.3) is 0 Å². The van der Waals surface area contributed by atoms with Crippen LogP contribution in [0.4, 0.5) is 0 Å². The minimum absolute atomic E-state index is 0.111. The van der Waals surface area contributed by atoms with Gasteiger partial charge in [0, 0.05) is 18.5 Å². The number of carbonyl (C=O) groups excluding carboxylic acids is 1. The highest BCUT2D eigenvalue weighted by atomic mass is 79.9. The first kappa shape index (κ1) is 15.2. The van der Waals surface area contributed by atoms with Gasteiger partial charge in [-0.2, -0.15) is 0 Å². The maximum atomic E-state index is 11.6. The van der Waals surface area contributed by atoms with Crippen molar-refractivity contribution in [3.05, 3.63) is 20.8 Å². The molecule has 0 spiro atoms. The lowest BCUT2D eigenvalue weighted by molar-refractivity contribution is -0.119. The molecule has 1 aromatic heterocycles. The Morgan fingerprint density at radius 2 is 2.42 bits per heavy atom. The van der Waals surface area contributed by atoms with E-state index >= 15 is 0 Å². The summed E-state index contributed by atoms with van der Waals surface area (Å²) in [7, 11) is 2.12. The predicted octanol–water partition coefficient (Wildman–Crippen LogP) is 4.34.